The van der Waals surface area contributed by atoms with Crippen LogP contribution in [-0.4, -0.2) is 14.5 Å². The SMILES string of the molecule is c1ccc(-c2cc(-c3ccc(-n4c5ccccc5c5c6oc7c8ccccc8ccc7c6ccc54)cc3)nc(-c3ccccc3)n2)cc1. The molecular weight excluding hydrogens is 587 g/mol. The minimum Gasteiger partial charge on any atom is -0.455 e. The minimum atomic E-state index is 0.709. The van der Waals surface area contributed by atoms with Crippen LogP contribution in [0.4, 0.5) is 0 Å². The third-order valence-corrected chi connectivity index (χ3v) is 9.41. The second-order valence-corrected chi connectivity index (χ2v) is 12.2. The molecule has 10 rings (SSSR count). The summed E-state index contributed by atoms with van der Waals surface area (Å²) in [7, 11) is 0. The van der Waals surface area contributed by atoms with Gasteiger partial charge in [-0.05, 0) is 47.9 Å². The third-order valence-electron chi connectivity index (χ3n) is 9.41. The van der Waals surface area contributed by atoms with Gasteiger partial charge in [0.25, 0.3) is 0 Å². The zero-order valence-electron chi connectivity index (χ0n) is 25.8. The minimum absolute atomic E-state index is 0.709. The van der Waals surface area contributed by atoms with Crippen LogP contribution in [0.5, 0.6) is 0 Å². The van der Waals surface area contributed by atoms with Gasteiger partial charge in [-0.15, -0.1) is 0 Å². The predicted octanol–water partition coefficient (Wildman–Crippen LogP) is 11.6. The first-order valence-electron chi connectivity index (χ1n) is 16.2. The average molecular weight is 614 g/mol. The molecule has 7 aromatic carbocycles. The molecule has 3 heterocycles. The maximum absolute atomic E-state index is 6.78. The van der Waals surface area contributed by atoms with E-state index >= 15 is 0 Å². The maximum Gasteiger partial charge on any atom is 0.160 e. The van der Waals surface area contributed by atoms with E-state index in [0.29, 0.717) is 5.82 Å². The Morgan fingerprint density at radius 2 is 1.02 bits per heavy atom. The van der Waals surface area contributed by atoms with Crippen molar-refractivity contribution in [3.05, 3.63) is 164 Å². The summed E-state index contributed by atoms with van der Waals surface area (Å²) in [6.45, 7) is 0. The first kappa shape index (κ1) is 26.7. The Kier molecular flexibility index (Phi) is 5.84. The number of furan rings is 1. The second kappa shape index (κ2) is 10.5. The van der Waals surface area contributed by atoms with Crippen molar-refractivity contribution in [1.82, 2.24) is 14.5 Å². The van der Waals surface area contributed by atoms with Gasteiger partial charge in [0.1, 0.15) is 11.2 Å². The van der Waals surface area contributed by atoms with Crippen molar-refractivity contribution >= 4 is 54.5 Å². The van der Waals surface area contributed by atoms with Crippen LogP contribution in [0.15, 0.2) is 168 Å². The third kappa shape index (κ3) is 4.10. The molecular formula is C44H27N3O. The Morgan fingerprint density at radius 3 is 1.79 bits per heavy atom. The van der Waals surface area contributed by atoms with Crippen LogP contribution in [0.3, 0.4) is 0 Å². The quantitative estimate of drug-likeness (QED) is 0.198. The van der Waals surface area contributed by atoms with Gasteiger partial charge in [-0.2, -0.15) is 0 Å². The van der Waals surface area contributed by atoms with E-state index < -0.39 is 0 Å². The van der Waals surface area contributed by atoms with Gasteiger partial charge in [0, 0.05) is 43.9 Å². The lowest BCUT2D eigenvalue weighted by Crippen LogP contribution is -1.97. The van der Waals surface area contributed by atoms with Crippen molar-refractivity contribution in [3.63, 3.8) is 0 Å². The summed E-state index contributed by atoms with van der Waals surface area (Å²) in [6.07, 6.45) is 0. The molecule has 224 valence electrons. The summed E-state index contributed by atoms with van der Waals surface area (Å²) in [5.74, 6) is 0.709. The molecule has 3 aromatic heterocycles. The molecule has 4 heteroatoms. The van der Waals surface area contributed by atoms with Crippen molar-refractivity contribution in [2.24, 2.45) is 0 Å². The van der Waals surface area contributed by atoms with Crippen LogP contribution >= 0.6 is 0 Å². The summed E-state index contributed by atoms with van der Waals surface area (Å²) in [4.78, 5) is 10.00. The van der Waals surface area contributed by atoms with Gasteiger partial charge < -0.3 is 8.98 Å². The van der Waals surface area contributed by atoms with Gasteiger partial charge >= 0.3 is 0 Å². The van der Waals surface area contributed by atoms with E-state index in [1.54, 1.807) is 0 Å². The fourth-order valence-electron chi connectivity index (χ4n) is 7.14. The Bertz CT molecular complexity index is 2760. The topological polar surface area (TPSA) is 43.9 Å². The van der Waals surface area contributed by atoms with Gasteiger partial charge in [0.2, 0.25) is 0 Å². The van der Waals surface area contributed by atoms with Crippen LogP contribution in [0.1, 0.15) is 0 Å². The molecule has 0 N–H and O–H groups in total. The van der Waals surface area contributed by atoms with Crippen molar-refractivity contribution in [2.75, 3.05) is 0 Å². The Balaban J connectivity index is 1.15. The molecule has 0 radical (unpaired) electrons. The van der Waals surface area contributed by atoms with E-state index in [4.69, 9.17) is 14.4 Å². The van der Waals surface area contributed by atoms with Crippen LogP contribution in [0, 0.1) is 0 Å². The number of fused-ring (bicyclic) bond motifs is 9. The highest BCUT2D eigenvalue weighted by Crippen LogP contribution is 2.42. The Labute approximate surface area is 276 Å². The summed E-state index contributed by atoms with van der Waals surface area (Å²) < 4.78 is 9.12. The zero-order valence-corrected chi connectivity index (χ0v) is 25.8. The molecule has 0 atom stereocenters. The molecule has 0 saturated heterocycles. The van der Waals surface area contributed by atoms with Crippen LogP contribution in [-0.2, 0) is 0 Å². The lowest BCUT2D eigenvalue weighted by molar-refractivity contribution is 0.676. The summed E-state index contributed by atoms with van der Waals surface area (Å²) >= 11 is 0. The number of benzene rings is 7. The van der Waals surface area contributed by atoms with Crippen molar-refractivity contribution in [3.8, 4) is 39.6 Å². The Morgan fingerprint density at radius 1 is 0.417 bits per heavy atom. The fraction of sp³-hybridized carbons (Fsp3) is 0. The largest absolute Gasteiger partial charge is 0.455 e. The predicted molar refractivity (Wildman–Crippen MR) is 197 cm³/mol. The van der Waals surface area contributed by atoms with Crippen molar-refractivity contribution in [1.29, 1.82) is 0 Å². The van der Waals surface area contributed by atoms with Crippen LogP contribution in [0.25, 0.3) is 94.1 Å². The molecule has 0 saturated carbocycles. The van der Waals surface area contributed by atoms with E-state index in [0.717, 1.165) is 77.5 Å². The van der Waals surface area contributed by atoms with E-state index in [2.05, 4.69) is 132 Å². The number of para-hydroxylation sites is 1. The van der Waals surface area contributed by atoms with Crippen molar-refractivity contribution < 1.29 is 4.42 Å². The van der Waals surface area contributed by atoms with Gasteiger partial charge in [-0.1, -0.05) is 121 Å². The maximum atomic E-state index is 6.78. The van der Waals surface area contributed by atoms with E-state index in [1.165, 1.54) is 10.8 Å². The van der Waals surface area contributed by atoms with E-state index in [-0.39, 0.29) is 0 Å². The number of aromatic nitrogens is 3. The Hall–Kier alpha value is -6.52. The van der Waals surface area contributed by atoms with E-state index in [1.807, 2.05) is 36.4 Å². The average Bonchev–Trinajstić information content (AvgIpc) is 3.72. The van der Waals surface area contributed by atoms with Gasteiger partial charge in [-0.3, -0.25) is 0 Å². The molecule has 0 unspecified atom stereocenters. The molecule has 48 heavy (non-hydrogen) atoms. The van der Waals surface area contributed by atoms with Crippen molar-refractivity contribution in [2.45, 2.75) is 0 Å². The highest BCUT2D eigenvalue weighted by Gasteiger charge is 2.19. The van der Waals surface area contributed by atoms with E-state index in [9.17, 15) is 0 Å². The smallest absolute Gasteiger partial charge is 0.160 e. The molecule has 0 spiro atoms. The molecule has 0 amide bonds. The summed E-state index contributed by atoms with van der Waals surface area (Å²) in [6, 6.07) is 57.1. The lowest BCUT2D eigenvalue weighted by atomic mass is 10.0. The van der Waals surface area contributed by atoms with Gasteiger partial charge in [0.15, 0.2) is 5.82 Å². The monoisotopic (exact) mass is 613 g/mol. The normalized spacial score (nSPS) is 11.8. The standard InChI is InChI=1S/C44H27N3O/c1-3-12-29(13-4-1)37-27-38(46-44(45-37)31-14-5-2-6-15-31)30-19-22-32(23-20-30)47-39-18-10-9-17-36(39)41-40(47)26-25-35-34-24-21-28-11-7-8-16-33(28)42(34)48-43(35)41/h1-27H. The second-order valence-electron chi connectivity index (χ2n) is 12.2. The van der Waals surface area contributed by atoms with Gasteiger partial charge in [-0.25, -0.2) is 9.97 Å². The number of nitrogens with zero attached hydrogens (tertiary/aromatic N) is 3. The summed E-state index contributed by atoms with van der Waals surface area (Å²) in [5.41, 5.74) is 10.0. The molecule has 0 aliphatic rings. The molecule has 0 fully saturated rings. The summed E-state index contributed by atoms with van der Waals surface area (Å²) in [5, 5.41) is 6.88. The highest BCUT2D eigenvalue weighted by molar-refractivity contribution is 6.26. The number of hydrogen-bond donors (Lipinski definition) is 0. The first-order chi connectivity index (χ1) is 23.8. The fourth-order valence-corrected chi connectivity index (χ4v) is 7.14. The number of hydrogen-bond acceptors (Lipinski definition) is 3. The lowest BCUT2D eigenvalue weighted by Gasteiger charge is -2.11. The molecule has 0 aliphatic carbocycles. The molecule has 10 aromatic rings. The highest BCUT2D eigenvalue weighted by atomic mass is 16.3. The first-order valence-corrected chi connectivity index (χ1v) is 16.2. The molecule has 0 aliphatic heterocycles. The molecule has 4 nitrogen and oxygen atoms in total. The zero-order chi connectivity index (χ0) is 31.6. The van der Waals surface area contributed by atoms with Crippen LogP contribution in [0.2, 0.25) is 0 Å². The molecule has 0 bridgehead atoms. The number of rotatable bonds is 4. The van der Waals surface area contributed by atoms with Gasteiger partial charge in [0.05, 0.1) is 27.8 Å². The van der Waals surface area contributed by atoms with Crippen LogP contribution < -0.4 is 0 Å².